The molecule has 0 aliphatic rings. The second-order valence-electron chi connectivity index (χ2n) is 4.42. The molecule has 1 N–H and O–H groups in total. The van der Waals surface area contributed by atoms with E-state index in [1.165, 1.54) is 12.8 Å². The Morgan fingerprint density at radius 1 is 1.39 bits per heavy atom. The van der Waals surface area contributed by atoms with Crippen molar-refractivity contribution in [3.8, 4) is 11.8 Å². The summed E-state index contributed by atoms with van der Waals surface area (Å²) in [6.07, 6.45) is 3.52. The van der Waals surface area contributed by atoms with E-state index in [0.717, 1.165) is 18.5 Å². The Kier molecular flexibility index (Phi) is 6.24. The van der Waals surface area contributed by atoms with Gasteiger partial charge < -0.3 is 10.1 Å². The molecule has 3 nitrogen and oxygen atoms in total. The van der Waals surface area contributed by atoms with Crippen molar-refractivity contribution in [3.05, 3.63) is 29.3 Å². The van der Waals surface area contributed by atoms with E-state index < -0.39 is 0 Å². The van der Waals surface area contributed by atoms with Crippen LogP contribution >= 0.6 is 0 Å². The van der Waals surface area contributed by atoms with E-state index >= 15 is 0 Å². The summed E-state index contributed by atoms with van der Waals surface area (Å²) in [4.78, 5) is 0. The fourth-order valence-corrected chi connectivity index (χ4v) is 2.01. The first-order valence-electron chi connectivity index (χ1n) is 6.55. The lowest BCUT2D eigenvalue weighted by Crippen LogP contribution is -2.27. The van der Waals surface area contributed by atoms with Gasteiger partial charge in [0.2, 0.25) is 0 Å². The van der Waals surface area contributed by atoms with Crippen LogP contribution in [-0.4, -0.2) is 13.2 Å². The standard InChI is InChI=1S/C15H22N2O/c1-4-6-14(5-2)17-11-12-7-8-15(18-3)13(9-12)10-16/h7-9,14,17H,4-6,11H2,1-3H3. The molecule has 0 aliphatic carbocycles. The zero-order valence-corrected chi connectivity index (χ0v) is 11.5. The van der Waals surface area contributed by atoms with Crippen LogP contribution in [0.15, 0.2) is 18.2 Å². The molecule has 0 saturated heterocycles. The fourth-order valence-electron chi connectivity index (χ4n) is 2.01. The molecule has 1 rings (SSSR count). The SMILES string of the molecule is CCCC(CC)NCc1ccc(OC)c(C#N)c1. The maximum Gasteiger partial charge on any atom is 0.136 e. The summed E-state index contributed by atoms with van der Waals surface area (Å²) in [7, 11) is 1.59. The largest absolute Gasteiger partial charge is 0.495 e. The Labute approximate surface area is 110 Å². The Balaban J connectivity index is 2.65. The second kappa shape index (κ2) is 7.73. The predicted octanol–water partition coefficient (Wildman–Crippen LogP) is 3.24. The van der Waals surface area contributed by atoms with Crippen LogP contribution in [0.25, 0.3) is 0 Å². The molecule has 1 unspecified atom stereocenters. The quantitative estimate of drug-likeness (QED) is 0.803. The van der Waals surface area contributed by atoms with Crippen molar-refractivity contribution in [1.29, 1.82) is 5.26 Å². The third-order valence-corrected chi connectivity index (χ3v) is 3.11. The van der Waals surface area contributed by atoms with E-state index in [4.69, 9.17) is 10.00 Å². The highest BCUT2D eigenvalue weighted by molar-refractivity contribution is 5.45. The van der Waals surface area contributed by atoms with Gasteiger partial charge in [-0.05, 0) is 30.5 Å². The predicted molar refractivity (Wildman–Crippen MR) is 73.5 cm³/mol. The van der Waals surface area contributed by atoms with Crippen molar-refractivity contribution in [3.63, 3.8) is 0 Å². The smallest absolute Gasteiger partial charge is 0.136 e. The molecule has 0 amide bonds. The molecule has 98 valence electrons. The van der Waals surface area contributed by atoms with Crippen molar-refractivity contribution in [1.82, 2.24) is 5.32 Å². The van der Waals surface area contributed by atoms with Gasteiger partial charge >= 0.3 is 0 Å². The number of nitrogens with zero attached hydrogens (tertiary/aromatic N) is 1. The van der Waals surface area contributed by atoms with E-state index in [9.17, 15) is 0 Å². The minimum Gasteiger partial charge on any atom is -0.495 e. The van der Waals surface area contributed by atoms with Gasteiger partial charge in [-0.2, -0.15) is 5.26 Å². The highest BCUT2D eigenvalue weighted by atomic mass is 16.5. The van der Waals surface area contributed by atoms with Crippen LogP contribution in [0.5, 0.6) is 5.75 Å². The lowest BCUT2D eigenvalue weighted by Gasteiger charge is -2.16. The first-order chi connectivity index (χ1) is 8.74. The molecule has 0 saturated carbocycles. The second-order valence-corrected chi connectivity index (χ2v) is 4.42. The zero-order valence-electron chi connectivity index (χ0n) is 11.5. The van der Waals surface area contributed by atoms with Gasteiger partial charge in [-0.1, -0.05) is 26.3 Å². The van der Waals surface area contributed by atoms with Crippen molar-refractivity contribution in [2.24, 2.45) is 0 Å². The van der Waals surface area contributed by atoms with Crippen LogP contribution in [0.2, 0.25) is 0 Å². The molecule has 1 atom stereocenters. The highest BCUT2D eigenvalue weighted by Crippen LogP contribution is 2.18. The molecule has 18 heavy (non-hydrogen) atoms. The zero-order chi connectivity index (χ0) is 13.4. The molecule has 0 aromatic heterocycles. The van der Waals surface area contributed by atoms with Crippen LogP contribution in [-0.2, 0) is 6.54 Å². The van der Waals surface area contributed by atoms with Gasteiger partial charge in [0.25, 0.3) is 0 Å². The number of hydrogen-bond acceptors (Lipinski definition) is 3. The van der Waals surface area contributed by atoms with Crippen LogP contribution in [0.3, 0.4) is 0 Å². The van der Waals surface area contributed by atoms with Gasteiger partial charge in [-0.15, -0.1) is 0 Å². The minimum absolute atomic E-state index is 0.558. The van der Waals surface area contributed by atoms with Crippen molar-refractivity contribution >= 4 is 0 Å². The van der Waals surface area contributed by atoms with E-state index in [2.05, 4.69) is 25.2 Å². The summed E-state index contributed by atoms with van der Waals surface area (Å²) in [5.41, 5.74) is 1.72. The molecule has 0 bridgehead atoms. The van der Waals surface area contributed by atoms with Gasteiger partial charge in [-0.25, -0.2) is 0 Å². The van der Waals surface area contributed by atoms with Crippen LogP contribution in [0.4, 0.5) is 0 Å². The number of benzene rings is 1. The van der Waals surface area contributed by atoms with Gasteiger partial charge in [0.05, 0.1) is 12.7 Å². The summed E-state index contributed by atoms with van der Waals surface area (Å²) < 4.78 is 5.13. The molecular weight excluding hydrogens is 224 g/mol. The van der Waals surface area contributed by atoms with Crippen LogP contribution < -0.4 is 10.1 Å². The van der Waals surface area contributed by atoms with Crippen LogP contribution in [0, 0.1) is 11.3 Å². The molecule has 0 aliphatic heterocycles. The Bertz CT molecular complexity index is 409. The number of nitriles is 1. The Hall–Kier alpha value is -1.53. The summed E-state index contributed by atoms with van der Waals surface area (Å²) in [6, 6.07) is 8.48. The third kappa shape index (κ3) is 4.05. The molecule has 1 aromatic rings. The summed E-state index contributed by atoms with van der Waals surface area (Å²) in [5.74, 6) is 0.641. The minimum atomic E-state index is 0.558. The fraction of sp³-hybridized carbons (Fsp3) is 0.533. The maximum atomic E-state index is 9.03. The van der Waals surface area contributed by atoms with Crippen LogP contribution in [0.1, 0.15) is 44.2 Å². The van der Waals surface area contributed by atoms with Crippen molar-refractivity contribution in [2.45, 2.75) is 45.7 Å². The highest BCUT2D eigenvalue weighted by Gasteiger charge is 2.06. The normalized spacial score (nSPS) is 11.9. The average Bonchev–Trinajstić information content (AvgIpc) is 2.42. The number of hydrogen-bond donors (Lipinski definition) is 1. The monoisotopic (exact) mass is 246 g/mol. The number of nitrogens with one attached hydrogen (secondary N) is 1. The van der Waals surface area contributed by atoms with Crippen molar-refractivity contribution in [2.75, 3.05) is 7.11 Å². The lowest BCUT2D eigenvalue weighted by atomic mass is 10.1. The maximum absolute atomic E-state index is 9.03. The number of methoxy groups -OCH3 is 1. The number of ether oxygens (including phenoxy) is 1. The van der Waals surface area contributed by atoms with Crippen molar-refractivity contribution < 1.29 is 4.74 Å². The Morgan fingerprint density at radius 3 is 2.72 bits per heavy atom. The van der Waals surface area contributed by atoms with E-state index in [1.807, 2.05) is 18.2 Å². The van der Waals surface area contributed by atoms with Gasteiger partial charge in [0, 0.05) is 12.6 Å². The van der Waals surface area contributed by atoms with Gasteiger partial charge in [0.1, 0.15) is 11.8 Å². The summed E-state index contributed by atoms with van der Waals surface area (Å²) >= 11 is 0. The molecule has 0 heterocycles. The summed E-state index contributed by atoms with van der Waals surface area (Å²) in [6.45, 7) is 5.20. The third-order valence-electron chi connectivity index (χ3n) is 3.11. The van der Waals surface area contributed by atoms with E-state index in [1.54, 1.807) is 7.11 Å². The summed E-state index contributed by atoms with van der Waals surface area (Å²) in [5, 5.41) is 12.6. The molecule has 0 spiro atoms. The molecule has 0 radical (unpaired) electrons. The molecule has 3 heteroatoms. The molecular formula is C15H22N2O. The van der Waals surface area contributed by atoms with Gasteiger partial charge in [-0.3, -0.25) is 0 Å². The Morgan fingerprint density at radius 2 is 2.17 bits per heavy atom. The molecule has 1 aromatic carbocycles. The van der Waals surface area contributed by atoms with E-state index in [0.29, 0.717) is 17.4 Å². The number of rotatable bonds is 7. The van der Waals surface area contributed by atoms with Gasteiger partial charge in [0.15, 0.2) is 0 Å². The topological polar surface area (TPSA) is 45.0 Å². The average molecular weight is 246 g/mol. The first kappa shape index (κ1) is 14.5. The van der Waals surface area contributed by atoms with E-state index in [-0.39, 0.29) is 0 Å². The first-order valence-corrected chi connectivity index (χ1v) is 6.55. The molecule has 0 fully saturated rings. The lowest BCUT2D eigenvalue weighted by molar-refractivity contribution is 0.413.